The normalized spacial score (nSPS) is 23.3. The summed E-state index contributed by atoms with van der Waals surface area (Å²) in [6, 6.07) is 2.79. The van der Waals surface area contributed by atoms with Gasteiger partial charge in [0.1, 0.15) is 0 Å². The first-order chi connectivity index (χ1) is 7.72. The second-order valence-electron chi connectivity index (χ2n) is 4.61. The lowest BCUT2D eigenvalue weighted by Gasteiger charge is -2.30. The van der Waals surface area contributed by atoms with E-state index in [9.17, 15) is 0 Å². The molecule has 2 unspecified atom stereocenters. The molecule has 1 aliphatic heterocycles. The van der Waals surface area contributed by atoms with Gasteiger partial charge in [0, 0.05) is 28.3 Å². The third-order valence-corrected chi connectivity index (χ3v) is 4.37. The van der Waals surface area contributed by atoms with Crippen molar-refractivity contribution < 1.29 is 4.74 Å². The van der Waals surface area contributed by atoms with Crippen molar-refractivity contribution >= 4 is 11.3 Å². The van der Waals surface area contributed by atoms with Crippen molar-refractivity contribution in [1.29, 1.82) is 0 Å². The van der Waals surface area contributed by atoms with E-state index in [4.69, 9.17) is 4.74 Å². The highest BCUT2D eigenvalue weighted by Gasteiger charge is 2.26. The third kappa shape index (κ3) is 2.47. The number of rotatable bonds is 3. The molecular weight excluding hydrogens is 218 g/mol. The van der Waals surface area contributed by atoms with Crippen molar-refractivity contribution in [1.82, 2.24) is 5.32 Å². The van der Waals surface area contributed by atoms with E-state index in [1.165, 1.54) is 28.2 Å². The molecule has 0 saturated carbocycles. The molecule has 1 N–H and O–H groups in total. The number of ether oxygens (including phenoxy) is 1. The van der Waals surface area contributed by atoms with E-state index in [1.807, 2.05) is 11.3 Å². The van der Waals surface area contributed by atoms with Gasteiger partial charge in [-0.15, -0.1) is 11.3 Å². The first-order valence-corrected chi connectivity index (χ1v) is 6.86. The molecule has 0 bridgehead atoms. The van der Waals surface area contributed by atoms with Crippen LogP contribution in [0.5, 0.6) is 0 Å². The van der Waals surface area contributed by atoms with Crippen molar-refractivity contribution in [3.63, 3.8) is 0 Å². The summed E-state index contributed by atoms with van der Waals surface area (Å²) in [5.41, 5.74) is 1.47. The van der Waals surface area contributed by atoms with Crippen LogP contribution in [0.2, 0.25) is 0 Å². The lowest BCUT2D eigenvalue weighted by Crippen LogP contribution is -2.31. The summed E-state index contributed by atoms with van der Waals surface area (Å²) in [4.78, 5) is 2.85. The van der Waals surface area contributed by atoms with Crippen LogP contribution in [0.1, 0.15) is 34.2 Å². The van der Waals surface area contributed by atoms with Crippen LogP contribution in [0.15, 0.2) is 6.07 Å². The molecule has 16 heavy (non-hydrogen) atoms. The Bertz CT molecular complexity index is 342. The van der Waals surface area contributed by atoms with Crippen LogP contribution in [0, 0.1) is 19.8 Å². The maximum Gasteiger partial charge on any atom is 0.0512 e. The Morgan fingerprint density at radius 3 is 2.81 bits per heavy atom. The Morgan fingerprint density at radius 1 is 1.50 bits per heavy atom. The molecule has 2 atom stereocenters. The van der Waals surface area contributed by atoms with E-state index >= 15 is 0 Å². The molecular formula is C13H21NOS. The van der Waals surface area contributed by atoms with E-state index in [-0.39, 0.29) is 0 Å². The van der Waals surface area contributed by atoms with Gasteiger partial charge in [0.15, 0.2) is 0 Å². The molecule has 1 fully saturated rings. The molecule has 0 aromatic carbocycles. The maximum absolute atomic E-state index is 5.60. The number of hydrogen-bond acceptors (Lipinski definition) is 3. The van der Waals surface area contributed by atoms with E-state index in [0.29, 0.717) is 12.0 Å². The quantitative estimate of drug-likeness (QED) is 0.875. The minimum atomic E-state index is 0.463. The van der Waals surface area contributed by atoms with Crippen LogP contribution in [0.25, 0.3) is 0 Å². The second-order valence-corrected chi connectivity index (χ2v) is 6.07. The molecule has 3 heteroatoms. The van der Waals surface area contributed by atoms with Gasteiger partial charge in [-0.3, -0.25) is 0 Å². The van der Waals surface area contributed by atoms with E-state index in [2.05, 4.69) is 32.3 Å². The Kier molecular flexibility index (Phi) is 4.00. The summed E-state index contributed by atoms with van der Waals surface area (Å²) in [5, 5.41) is 3.47. The van der Waals surface area contributed by atoms with Crippen LogP contribution in [0.4, 0.5) is 0 Å². The molecule has 2 nitrogen and oxygen atoms in total. The van der Waals surface area contributed by atoms with Crippen LogP contribution in [-0.4, -0.2) is 20.3 Å². The van der Waals surface area contributed by atoms with Gasteiger partial charge in [-0.25, -0.2) is 0 Å². The summed E-state index contributed by atoms with van der Waals surface area (Å²) in [6.07, 6.45) is 2.48. The van der Waals surface area contributed by atoms with E-state index in [1.54, 1.807) is 0 Å². The molecule has 0 aliphatic carbocycles. The molecule has 90 valence electrons. The molecule has 1 aromatic heterocycles. The van der Waals surface area contributed by atoms with Crippen molar-refractivity contribution in [2.24, 2.45) is 5.92 Å². The summed E-state index contributed by atoms with van der Waals surface area (Å²) in [5.74, 6) is 0.631. The number of thiophene rings is 1. The second kappa shape index (κ2) is 5.30. The summed E-state index contributed by atoms with van der Waals surface area (Å²) in [6.45, 7) is 6.25. The zero-order chi connectivity index (χ0) is 11.5. The fourth-order valence-electron chi connectivity index (χ4n) is 2.63. The first-order valence-electron chi connectivity index (χ1n) is 6.04. The largest absolute Gasteiger partial charge is 0.381 e. The molecule has 1 saturated heterocycles. The third-order valence-electron chi connectivity index (χ3n) is 3.39. The average Bonchev–Trinajstić information content (AvgIpc) is 2.61. The van der Waals surface area contributed by atoms with Gasteiger partial charge in [0.05, 0.1) is 6.61 Å². The number of hydrogen-bond donors (Lipinski definition) is 1. The highest BCUT2D eigenvalue weighted by Crippen LogP contribution is 2.33. The van der Waals surface area contributed by atoms with Gasteiger partial charge >= 0.3 is 0 Å². The zero-order valence-corrected chi connectivity index (χ0v) is 11.2. The Hall–Kier alpha value is -0.380. The highest BCUT2D eigenvalue weighted by atomic mass is 32.1. The predicted octanol–water partition coefficient (Wildman–Crippen LogP) is 3.05. The molecule has 1 aromatic rings. The molecule has 0 amide bonds. The van der Waals surface area contributed by atoms with Gasteiger partial charge in [-0.2, -0.15) is 0 Å². The zero-order valence-electron chi connectivity index (χ0n) is 10.4. The van der Waals surface area contributed by atoms with Crippen LogP contribution >= 0.6 is 11.3 Å². The lowest BCUT2D eigenvalue weighted by molar-refractivity contribution is 0.0402. The van der Waals surface area contributed by atoms with Crippen LogP contribution in [-0.2, 0) is 4.74 Å². The SMILES string of the molecule is CNC(c1cc(C)sc1C)C1CCCOC1. The predicted molar refractivity (Wildman–Crippen MR) is 69.1 cm³/mol. The summed E-state index contributed by atoms with van der Waals surface area (Å²) >= 11 is 1.90. The molecule has 0 spiro atoms. The van der Waals surface area contributed by atoms with Gasteiger partial charge in [0.25, 0.3) is 0 Å². The topological polar surface area (TPSA) is 21.3 Å². The monoisotopic (exact) mass is 239 g/mol. The van der Waals surface area contributed by atoms with E-state index < -0.39 is 0 Å². The Balaban J connectivity index is 2.17. The van der Waals surface area contributed by atoms with Gasteiger partial charge < -0.3 is 10.1 Å². The number of nitrogens with one attached hydrogen (secondary N) is 1. The average molecular weight is 239 g/mol. The molecule has 0 radical (unpaired) electrons. The fourth-order valence-corrected chi connectivity index (χ4v) is 3.61. The highest BCUT2D eigenvalue weighted by molar-refractivity contribution is 7.12. The Labute approximate surface area is 102 Å². The molecule has 1 aliphatic rings. The minimum absolute atomic E-state index is 0.463. The Morgan fingerprint density at radius 2 is 2.31 bits per heavy atom. The van der Waals surface area contributed by atoms with E-state index in [0.717, 1.165) is 13.2 Å². The molecule has 2 heterocycles. The minimum Gasteiger partial charge on any atom is -0.381 e. The van der Waals surface area contributed by atoms with Crippen LogP contribution in [0.3, 0.4) is 0 Å². The standard InChI is InChI=1S/C13H21NOS/c1-9-7-12(10(2)16-9)13(14-3)11-5-4-6-15-8-11/h7,11,13-14H,4-6,8H2,1-3H3. The van der Waals surface area contributed by atoms with Crippen molar-refractivity contribution in [2.75, 3.05) is 20.3 Å². The maximum atomic E-state index is 5.60. The van der Waals surface area contributed by atoms with Gasteiger partial charge in [-0.1, -0.05) is 0 Å². The van der Waals surface area contributed by atoms with Gasteiger partial charge in [0.2, 0.25) is 0 Å². The molecule has 2 rings (SSSR count). The van der Waals surface area contributed by atoms with Gasteiger partial charge in [-0.05, 0) is 45.4 Å². The first kappa shape index (κ1) is 12.1. The van der Waals surface area contributed by atoms with Crippen molar-refractivity contribution in [2.45, 2.75) is 32.7 Å². The number of aryl methyl sites for hydroxylation is 2. The smallest absolute Gasteiger partial charge is 0.0512 e. The van der Waals surface area contributed by atoms with Crippen molar-refractivity contribution in [3.05, 3.63) is 21.4 Å². The summed E-state index contributed by atoms with van der Waals surface area (Å²) < 4.78 is 5.60. The lowest BCUT2D eigenvalue weighted by atomic mass is 9.89. The van der Waals surface area contributed by atoms with Crippen molar-refractivity contribution in [3.8, 4) is 0 Å². The summed E-state index contributed by atoms with van der Waals surface area (Å²) in [7, 11) is 2.06. The van der Waals surface area contributed by atoms with Crippen LogP contribution < -0.4 is 5.32 Å². The fraction of sp³-hybridized carbons (Fsp3) is 0.692.